The number of hydrogen-bond acceptors (Lipinski definition) is 2. The molecule has 4 nitrogen and oxygen atoms in total. The number of benzene rings is 2. The maximum Gasteiger partial charge on any atom is 0.253 e. The van der Waals surface area contributed by atoms with E-state index in [1.165, 1.54) is 24.0 Å². The molecule has 27 heavy (non-hydrogen) atoms. The van der Waals surface area contributed by atoms with Crippen LogP contribution in [0.4, 0.5) is 0 Å². The zero-order valence-corrected chi connectivity index (χ0v) is 15.7. The van der Waals surface area contributed by atoms with Crippen molar-refractivity contribution in [1.29, 1.82) is 0 Å². The summed E-state index contributed by atoms with van der Waals surface area (Å²) in [7, 11) is 0. The van der Waals surface area contributed by atoms with Crippen LogP contribution in [0, 0.1) is 0 Å². The first-order chi connectivity index (χ1) is 13.2. The SMILES string of the molecule is O=C(Cc1ccc2c(c1)CCC2)N1CCCN(C(=O)c2ccccc2)CC1. The molecule has 0 radical (unpaired) electrons. The highest BCUT2D eigenvalue weighted by Gasteiger charge is 2.23. The minimum absolute atomic E-state index is 0.0588. The Kier molecular flexibility index (Phi) is 5.23. The highest BCUT2D eigenvalue weighted by molar-refractivity contribution is 5.94. The molecule has 0 bridgehead atoms. The molecule has 2 aromatic rings. The van der Waals surface area contributed by atoms with Crippen molar-refractivity contribution in [3.8, 4) is 0 Å². The van der Waals surface area contributed by atoms with Crippen molar-refractivity contribution in [2.24, 2.45) is 0 Å². The van der Waals surface area contributed by atoms with Crippen LogP contribution >= 0.6 is 0 Å². The van der Waals surface area contributed by atoms with E-state index >= 15 is 0 Å². The molecule has 0 saturated carbocycles. The van der Waals surface area contributed by atoms with Crippen LogP contribution in [-0.4, -0.2) is 47.8 Å². The summed E-state index contributed by atoms with van der Waals surface area (Å²) in [5.74, 6) is 0.227. The summed E-state index contributed by atoms with van der Waals surface area (Å²) in [4.78, 5) is 29.2. The van der Waals surface area contributed by atoms with E-state index in [-0.39, 0.29) is 11.8 Å². The molecule has 0 atom stereocenters. The molecule has 0 unspecified atom stereocenters. The Balaban J connectivity index is 1.36. The van der Waals surface area contributed by atoms with Crippen LogP contribution in [-0.2, 0) is 24.1 Å². The van der Waals surface area contributed by atoms with Gasteiger partial charge >= 0.3 is 0 Å². The third-order valence-corrected chi connectivity index (χ3v) is 5.67. The third-order valence-electron chi connectivity index (χ3n) is 5.67. The number of amides is 2. The van der Waals surface area contributed by atoms with Crippen LogP contribution in [0.15, 0.2) is 48.5 Å². The second kappa shape index (κ2) is 7.95. The average Bonchev–Trinajstić information content (AvgIpc) is 3.02. The Bertz CT molecular complexity index is 832. The lowest BCUT2D eigenvalue weighted by Crippen LogP contribution is -2.38. The van der Waals surface area contributed by atoms with E-state index in [2.05, 4.69) is 18.2 Å². The predicted molar refractivity (Wildman–Crippen MR) is 106 cm³/mol. The zero-order chi connectivity index (χ0) is 18.6. The molecular weight excluding hydrogens is 336 g/mol. The first-order valence-corrected chi connectivity index (χ1v) is 9.93. The van der Waals surface area contributed by atoms with Gasteiger partial charge < -0.3 is 9.80 Å². The number of nitrogens with zero attached hydrogens (tertiary/aromatic N) is 2. The summed E-state index contributed by atoms with van der Waals surface area (Å²) in [5.41, 5.74) is 4.68. The summed E-state index contributed by atoms with van der Waals surface area (Å²) in [6, 6.07) is 15.9. The van der Waals surface area contributed by atoms with E-state index in [1.54, 1.807) is 0 Å². The van der Waals surface area contributed by atoms with Gasteiger partial charge in [0.25, 0.3) is 5.91 Å². The first kappa shape index (κ1) is 17.8. The Morgan fingerprint density at radius 1 is 0.778 bits per heavy atom. The van der Waals surface area contributed by atoms with E-state index in [4.69, 9.17) is 0 Å². The van der Waals surface area contributed by atoms with E-state index in [0.717, 1.165) is 30.5 Å². The maximum atomic E-state index is 12.8. The van der Waals surface area contributed by atoms with Crippen molar-refractivity contribution in [2.45, 2.75) is 32.1 Å². The molecule has 0 spiro atoms. The smallest absolute Gasteiger partial charge is 0.253 e. The van der Waals surface area contributed by atoms with Crippen molar-refractivity contribution in [3.63, 3.8) is 0 Å². The Labute approximate surface area is 160 Å². The van der Waals surface area contributed by atoms with E-state index < -0.39 is 0 Å². The molecule has 0 aromatic heterocycles. The van der Waals surface area contributed by atoms with Crippen LogP contribution in [0.25, 0.3) is 0 Å². The predicted octanol–water partition coefficient (Wildman–Crippen LogP) is 3.09. The van der Waals surface area contributed by atoms with Gasteiger partial charge in [0.05, 0.1) is 6.42 Å². The normalized spacial score (nSPS) is 16.7. The summed E-state index contributed by atoms with van der Waals surface area (Å²) in [5, 5.41) is 0. The number of carbonyl (C=O) groups is 2. The van der Waals surface area contributed by atoms with Crippen LogP contribution < -0.4 is 0 Å². The Hall–Kier alpha value is -2.62. The van der Waals surface area contributed by atoms with E-state index in [0.29, 0.717) is 26.1 Å². The molecule has 0 N–H and O–H groups in total. The summed E-state index contributed by atoms with van der Waals surface area (Å²) in [6.07, 6.45) is 4.82. The van der Waals surface area contributed by atoms with E-state index in [1.807, 2.05) is 40.1 Å². The molecule has 2 amide bonds. The molecule has 1 fully saturated rings. The van der Waals surface area contributed by atoms with E-state index in [9.17, 15) is 9.59 Å². The zero-order valence-electron chi connectivity index (χ0n) is 15.7. The van der Waals surface area contributed by atoms with Gasteiger partial charge in [0.2, 0.25) is 5.91 Å². The van der Waals surface area contributed by atoms with Crippen molar-refractivity contribution in [1.82, 2.24) is 9.80 Å². The van der Waals surface area contributed by atoms with Crippen molar-refractivity contribution >= 4 is 11.8 Å². The molecule has 1 saturated heterocycles. The molecule has 140 valence electrons. The fourth-order valence-corrected chi connectivity index (χ4v) is 4.15. The number of fused-ring (bicyclic) bond motifs is 1. The number of carbonyl (C=O) groups excluding carboxylic acids is 2. The second-order valence-electron chi connectivity index (χ2n) is 7.53. The van der Waals surface area contributed by atoms with Gasteiger partial charge in [-0.3, -0.25) is 9.59 Å². The Morgan fingerprint density at radius 3 is 2.37 bits per heavy atom. The molecule has 4 rings (SSSR count). The molecule has 1 aliphatic carbocycles. The van der Waals surface area contributed by atoms with Gasteiger partial charge in [0, 0.05) is 31.7 Å². The van der Waals surface area contributed by atoms with Gasteiger partial charge in [0.1, 0.15) is 0 Å². The van der Waals surface area contributed by atoms with Crippen LogP contribution in [0.3, 0.4) is 0 Å². The molecule has 4 heteroatoms. The molecular formula is C23H26N2O2. The fraction of sp³-hybridized carbons (Fsp3) is 0.391. The average molecular weight is 362 g/mol. The first-order valence-electron chi connectivity index (χ1n) is 9.93. The monoisotopic (exact) mass is 362 g/mol. The van der Waals surface area contributed by atoms with Gasteiger partial charge in [-0.05, 0) is 54.5 Å². The molecule has 2 aromatic carbocycles. The van der Waals surface area contributed by atoms with Crippen molar-refractivity contribution < 1.29 is 9.59 Å². The fourth-order valence-electron chi connectivity index (χ4n) is 4.15. The summed E-state index contributed by atoms with van der Waals surface area (Å²) >= 11 is 0. The summed E-state index contributed by atoms with van der Waals surface area (Å²) in [6.45, 7) is 2.64. The van der Waals surface area contributed by atoms with Gasteiger partial charge in [-0.25, -0.2) is 0 Å². The maximum absolute atomic E-state index is 12.8. The summed E-state index contributed by atoms with van der Waals surface area (Å²) < 4.78 is 0. The lowest BCUT2D eigenvalue weighted by atomic mass is 10.0. The second-order valence-corrected chi connectivity index (χ2v) is 7.53. The highest BCUT2D eigenvalue weighted by atomic mass is 16.2. The molecule has 1 aliphatic heterocycles. The Morgan fingerprint density at radius 2 is 1.52 bits per heavy atom. The lowest BCUT2D eigenvalue weighted by Gasteiger charge is -2.22. The minimum atomic E-state index is 0.0588. The third kappa shape index (κ3) is 4.05. The van der Waals surface area contributed by atoms with Gasteiger partial charge in [0.15, 0.2) is 0 Å². The van der Waals surface area contributed by atoms with Crippen LogP contribution in [0.5, 0.6) is 0 Å². The standard InChI is InChI=1S/C23H26N2O2/c26-22(17-18-10-11-19-8-4-9-21(19)16-18)24-12-5-13-25(15-14-24)23(27)20-6-2-1-3-7-20/h1-3,6-7,10-11,16H,4-5,8-9,12-15,17H2. The van der Waals surface area contributed by atoms with Crippen LogP contribution in [0.1, 0.15) is 39.9 Å². The van der Waals surface area contributed by atoms with Crippen molar-refractivity contribution in [3.05, 3.63) is 70.8 Å². The van der Waals surface area contributed by atoms with Crippen molar-refractivity contribution in [2.75, 3.05) is 26.2 Å². The number of hydrogen-bond donors (Lipinski definition) is 0. The van der Waals surface area contributed by atoms with Gasteiger partial charge in [-0.2, -0.15) is 0 Å². The molecule has 2 aliphatic rings. The van der Waals surface area contributed by atoms with Crippen LogP contribution in [0.2, 0.25) is 0 Å². The largest absolute Gasteiger partial charge is 0.341 e. The quantitative estimate of drug-likeness (QED) is 0.842. The van der Waals surface area contributed by atoms with Gasteiger partial charge in [-0.15, -0.1) is 0 Å². The molecule has 1 heterocycles. The lowest BCUT2D eigenvalue weighted by molar-refractivity contribution is -0.130. The van der Waals surface area contributed by atoms with Gasteiger partial charge in [-0.1, -0.05) is 36.4 Å². The minimum Gasteiger partial charge on any atom is -0.341 e. The number of aryl methyl sites for hydroxylation is 2. The number of rotatable bonds is 3. The highest BCUT2D eigenvalue weighted by Crippen LogP contribution is 2.23. The topological polar surface area (TPSA) is 40.6 Å².